The van der Waals surface area contributed by atoms with Crippen molar-refractivity contribution in [2.45, 2.75) is 25.2 Å². The van der Waals surface area contributed by atoms with Crippen molar-refractivity contribution in [1.82, 2.24) is 26.1 Å². The zero-order chi connectivity index (χ0) is 29.5. The van der Waals surface area contributed by atoms with Gasteiger partial charge in [-0.2, -0.15) is 13.9 Å². The number of carbonyl (C=O) groups is 3. The SMILES string of the molecule is COC(=O)C[C@H](NC(=O)CNC(=O)c1cc(NC2=NCC(F)CN2)c2cn[nH]c2c1)c1cc(Br)cc(OC(F)F)c1. The summed E-state index contributed by atoms with van der Waals surface area (Å²) < 4.78 is 48.4. The van der Waals surface area contributed by atoms with Crippen molar-refractivity contribution in [2.24, 2.45) is 4.99 Å². The number of guanidine groups is 1. The number of halogens is 4. The van der Waals surface area contributed by atoms with Crippen molar-refractivity contribution < 1.29 is 37.0 Å². The first-order valence-electron chi connectivity index (χ1n) is 12.2. The van der Waals surface area contributed by atoms with Gasteiger partial charge < -0.3 is 30.7 Å². The van der Waals surface area contributed by atoms with Crippen LogP contribution in [0.2, 0.25) is 0 Å². The maximum absolute atomic E-state index is 13.4. The molecule has 0 saturated carbocycles. The van der Waals surface area contributed by atoms with E-state index in [2.05, 4.69) is 57.1 Å². The summed E-state index contributed by atoms with van der Waals surface area (Å²) in [6.07, 6.45) is 0.143. The molecule has 1 aliphatic rings. The summed E-state index contributed by atoms with van der Waals surface area (Å²) in [4.78, 5) is 41.8. The highest BCUT2D eigenvalue weighted by Crippen LogP contribution is 2.28. The Balaban J connectivity index is 1.45. The summed E-state index contributed by atoms with van der Waals surface area (Å²) >= 11 is 3.20. The molecule has 0 aliphatic carbocycles. The Labute approximate surface area is 239 Å². The van der Waals surface area contributed by atoms with Crippen molar-refractivity contribution in [2.75, 3.05) is 32.1 Å². The Morgan fingerprint density at radius 1 is 1.20 bits per heavy atom. The molecular weight excluding hydrogens is 615 g/mol. The molecule has 0 bridgehead atoms. The zero-order valence-corrected chi connectivity index (χ0v) is 23.1. The Morgan fingerprint density at radius 3 is 2.71 bits per heavy atom. The van der Waals surface area contributed by atoms with Gasteiger partial charge in [0.1, 0.15) is 11.9 Å². The zero-order valence-electron chi connectivity index (χ0n) is 21.5. The number of hydrogen-bond acceptors (Lipinski definition) is 9. The second-order valence-corrected chi connectivity index (χ2v) is 9.75. The number of anilines is 1. The standard InChI is InChI=1S/C25H25BrF3N7O5/c1-40-22(38)7-18(12-2-14(26)6-16(3-12)41-24(28)29)34-21(37)11-30-23(39)13-4-19(17-10-33-36-20(17)5-13)35-25-31-8-15(27)9-32-25/h2-6,10,15,18,24H,7-9,11H2,1H3,(H,30,39)(H,33,36)(H,34,37)(H2,31,32,35)/t18-/m0/s1. The molecule has 0 spiro atoms. The summed E-state index contributed by atoms with van der Waals surface area (Å²) in [5.41, 5.74) is 1.48. The fourth-order valence-electron chi connectivity index (χ4n) is 3.98. The monoisotopic (exact) mass is 639 g/mol. The largest absolute Gasteiger partial charge is 0.469 e. The number of methoxy groups -OCH3 is 1. The number of nitrogens with zero attached hydrogens (tertiary/aromatic N) is 2. The number of carbonyl (C=O) groups excluding carboxylic acids is 3. The van der Waals surface area contributed by atoms with Crippen LogP contribution in [0.1, 0.15) is 28.4 Å². The summed E-state index contributed by atoms with van der Waals surface area (Å²) in [5.74, 6) is -1.76. The highest BCUT2D eigenvalue weighted by molar-refractivity contribution is 9.10. The lowest BCUT2D eigenvalue weighted by Gasteiger charge is -2.20. The minimum atomic E-state index is -3.08. The number of nitrogens with one attached hydrogen (secondary N) is 5. The maximum atomic E-state index is 13.4. The number of H-pyrrole nitrogens is 1. The van der Waals surface area contributed by atoms with Crippen LogP contribution in [0.25, 0.3) is 10.9 Å². The minimum Gasteiger partial charge on any atom is -0.469 e. The number of aromatic nitrogens is 2. The molecule has 3 aromatic rings. The molecule has 41 heavy (non-hydrogen) atoms. The van der Waals surface area contributed by atoms with Gasteiger partial charge in [0.25, 0.3) is 5.91 Å². The van der Waals surface area contributed by atoms with E-state index in [1.807, 2.05) is 0 Å². The van der Waals surface area contributed by atoms with E-state index in [9.17, 15) is 27.6 Å². The molecule has 2 heterocycles. The van der Waals surface area contributed by atoms with Crippen LogP contribution in [0.4, 0.5) is 18.9 Å². The van der Waals surface area contributed by atoms with Gasteiger partial charge in [0.15, 0.2) is 5.96 Å². The summed E-state index contributed by atoms with van der Waals surface area (Å²) in [6, 6.07) is 6.19. The molecule has 0 radical (unpaired) electrons. The lowest BCUT2D eigenvalue weighted by molar-refractivity contribution is -0.141. The third-order valence-electron chi connectivity index (χ3n) is 5.88. The highest BCUT2D eigenvalue weighted by Gasteiger charge is 2.22. The summed E-state index contributed by atoms with van der Waals surface area (Å²) in [7, 11) is 1.17. The number of aromatic amines is 1. The molecule has 2 amide bonds. The number of hydrogen-bond donors (Lipinski definition) is 5. The average Bonchev–Trinajstić information content (AvgIpc) is 3.41. The van der Waals surface area contributed by atoms with Crippen LogP contribution < -0.4 is 26.0 Å². The van der Waals surface area contributed by atoms with Crippen LogP contribution in [0.5, 0.6) is 5.75 Å². The van der Waals surface area contributed by atoms with Crippen molar-refractivity contribution in [3.05, 3.63) is 52.1 Å². The van der Waals surface area contributed by atoms with E-state index in [0.717, 1.165) is 0 Å². The first-order valence-corrected chi connectivity index (χ1v) is 13.0. The van der Waals surface area contributed by atoms with Crippen molar-refractivity contribution >= 4 is 56.3 Å². The van der Waals surface area contributed by atoms with Crippen molar-refractivity contribution in [1.29, 1.82) is 0 Å². The Hall–Kier alpha value is -4.34. The first kappa shape index (κ1) is 29.6. The van der Waals surface area contributed by atoms with Crippen LogP contribution in [0.15, 0.2) is 46.0 Å². The van der Waals surface area contributed by atoms with E-state index in [1.54, 1.807) is 12.3 Å². The van der Waals surface area contributed by atoms with E-state index < -0.39 is 43.2 Å². The summed E-state index contributed by atoms with van der Waals surface area (Å²) in [6.45, 7) is -3.46. The van der Waals surface area contributed by atoms with E-state index in [4.69, 9.17) is 4.74 Å². The van der Waals surface area contributed by atoms with Gasteiger partial charge in [-0.3, -0.25) is 19.5 Å². The topological polar surface area (TPSA) is 159 Å². The van der Waals surface area contributed by atoms with Gasteiger partial charge in [0.2, 0.25) is 5.91 Å². The van der Waals surface area contributed by atoms with Gasteiger partial charge in [0.05, 0.1) is 56.6 Å². The number of amides is 2. The maximum Gasteiger partial charge on any atom is 0.387 e. The van der Waals surface area contributed by atoms with Crippen molar-refractivity contribution in [3.63, 3.8) is 0 Å². The molecule has 2 aromatic carbocycles. The molecule has 1 aliphatic heterocycles. The molecule has 1 unspecified atom stereocenters. The molecule has 5 N–H and O–H groups in total. The normalized spacial score (nSPS) is 15.5. The molecular formula is C25H25BrF3N7O5. The first-order chi connectivity index (χ1) is 19.6. The minimum absolute atomic E-state index is 0.00336. The van der Waals surface area contributed by atoms with Gasteiger partial charge in [0, 0.05) is 15.4 Å². The predicted molar refractivity (Wildman–Crippen MR) is 146 cm³/mol. The number of benzene rings is 2. The number of alkyl halides is 3. The van der Waals surface area contributed by atoms with E-state index in [1.165, 1.54) is 31.4 Å². The van der Waals surface area contributed by atoms with Gasteiger partial charge in [-0.1, -0.05) is 15.9 Å². The summed E-state index contributed by atoms with van der Waals surface area (Å²) in [5, 5.41) is 18.4. The lowest BCUT2D eigenvalue weighted by Crippen LogP contribution is -2.41. The van der Waals surface area contributed by atoms with Crippen molar-refractivity contribution in [3.8, 4) is 5.75 Å². The quantitative estimate of drug-likeness (QED) is 0.212. The van der Waals surface area contributed by atoms with E-state index in [-0.39, 0.29) is 30.8 Å². The average molecular weight is 640 g/mol. The Kier molecular flexibility index (Phi) is 9.65. The number of rotatable bonds is 10. The molecule has 16 heteroatoms. The number of fused-ring (bicyclic) bond motifs is 1. The Morgan fingerprint density at radius 2 is 2.00 bits per heavy atom. The smallest absolute Gasteiger partial charge is 0.387 e. The number of esters is 1. The third-order valence-corrected chi connectivity index (χ3v) is 6.33. The van der Waals surface area contributed by atoms with Crippen LogP contribution >= 0.6 is 15.9 Å². The molecule has 0 saturated heterocycles. The molecule has 0 fully saturated rings. The van der Waals surface area contributed by atoms with Crippen LogP contribution in [-0.2, 0) is 14.3 Å². The van der Waals surface area contributed by atoms with E-state index >= 15 is 0 Å². The lowest BCUT2D eigenvalue weighted by atomic mass is 10.0. The molecule has 2 atom stereocenters. The van der Waals surface area contributed by atoms with Crippen LogP contribution in [0.3, 0.4) is 0 Å². The van der Waals surface area contributed by atoms with Crippen LogP contribution in [0, 0.1) is 0 Å². The van der Waals surface area contributed by atoms with Gasteiger partial charge >= 0.3 is 12.6 Å². The van der Waals surface area contributed by atoms with E-state index in [0.29, 0.717) is 32.6 Å². The number of ether oxygens (including phenoxy) is 2. The van der Waals surface area contributed by atoms with Gasteiger partial charge in [-0.05, 0) is 35.9 Å². The highest BCUT2D eigenvalue weighted by atomic mass is 79.9. The predicted octanol–water partition coefficient (Wildman–Crippen LogP) is 2.79. The molecule has 1 aromatic heterocycles. The fourth-order valence-corrected chi connectivity index (χ4v) is 4.47. The van der Waals surface area contributed by atoms with Crippen LogP contribution in [-0.4, -0.2) is 73.5 Å². The van der Waals surface area contributed by atoms with Gasteiger partial charge in [-0.25, -0.2) is 9.38 Å². The molecule has 218 valence electrons. The second-order valence-electron chi connectivity index (χ2n) is 8.83. The third kappa shape index (κ3) is 8.09. The fraction of sp³-hybridized carbons (Fsp3) is 0.320. The molecule has 4 rings (SSSR count). The number of aliphatic imine (C=N–C) groups is 1. The Bertz CT molecular complexity index is 1470. The second kappa shape index (κ2) is 13.3. The molecule has 12 nitrogen and oxygen atoms in total. The van der Waals surface area contributed by atoms with Gasteiger partial charge in [-0.15, -0.1) is 0 Å².